The largest absolute Gasteiger partial charge is 0.277 e. The van der Waals surface area contributed by atoms with Gasteiger partial charge in [-0.2, -0.15) is 5.26 Å². The van der Waals surface area contributed by atoms with Gasteiger partial charge < -0.3 is 0 Å². The van der Waals surface area contributed by atoms with E-state index in [0.717, 1.165) is 6.07 Å². The van der Waals surface area contributed by atoms with Gasteiger partial charge in [0.25, 0.3) is 10.0 Å². The molecule has 0 heterocycles. The second kappa shape index (κ2) is 5.61. The van der Waals surface area contributed by atoms with Gasteiger partial charge in [0.05, 0.1) is 11.3 Å². The summed E-state index contributed by atoms with van der Waals surface area (Å²) in [5, 5.41) is 8.92. The Bertz CT molecular complexity index is 800. The predicted octanol–water partition coefficient (Wildman–Crippen LogP) is 3.26. The molecule has 4 nitrogen and oxygen atoms in total. The number of benzene rings is 2. The van der Waals surface area contributed by atoms with E-state index in [0.29, 0.717) is 4.47 Å². The zero-order valence-corrected chi connectivity index (χ0v) is 12.4. The monoisotopic (exact) mass is 354 g/mol. The summed E-state index contributed by atoms with van der Waals surface area (Å²) in [5.74, 6) is -0.711. The minimum absolute atomic E-state index is 0.00230. The molecule has 0 aliphatic carbocycles. The van der Waals surface area contributed by atoms with Crippen LogP contribution in [0.25, 0.3) is 0 Å². The van der Waals surface area contributed by atoms with E-state index in [4.69, 9.17) is 5.26 Å². The van der Waals surface area contributed by atoms with E-state index >= 15 is 0 Å². The van der Waals surface area contributed by atoms with Gasteiger partial charge >= 0.3 is 0 Å². The van der Waals surface area contributed by atoms with Crippen LogP contribution in [-0.4, -0.2) is 8.42 Å². The number of sulfonamides is 1. The molecular formula is C13H8BrFN2O2S. The van der Waals surface area contributed by atoms with Crippen molar-refractivity contribution in [3.05, 3.63) is 58.3 Å². The van der Waals surface area contributed by atoms with E-state index in [1.165, 1.54) is 30.3 Å². The number of nitrogens with one attached hydrogen (secondary N) is 1. The molecule has 0 aromatic heterocycles. The lowest BCUT2D eigenvalue weighted by Gasteiger charge is -2.10. The second-order valence-electron chi connectivity index (χ2n) is 3.84. The average molecular weight is 355 g/mol. The summed E-state index contributed by atoms with van der Waals surface area (Å²) >= 11 is 3.08. The molecule has 0 bridgehead atoms. The minimum Gasteiger partial charge on any atom is -0.277 e. The maximum atomic E-state index is 13.7. The first-order chi connectivity index (χ1) is 9.44. The Morgan fingerprint density at radius 2 is 1.90 bits per heavy atom. The van der Waals surface area contributed by atoms with E-state index in [1.807, 2.05) is 0 Å². The standard InChI is InChI=1S/C13H8BrFN2O2S/c14-10-5-6-12(11(15)7-10)17-20(18,19)13-4-2-1-3-9(13)8-16/h1-7,17H. The zero-order valence-electron chi connectivity index (χ0n) is 9.97. The first-order valence-corrected chi connectivity index (χ1v) is 7.68. The second-order valence-corrected chi connectivity index (χ2v) is 6.40. The van der Waals surface area contributed by atoms with Crippen molar-refractivity contribution >= 4 is 31.6 Å². The molecule has 20 heavy (non-hydrogen) atoms. The van der Waals surface area contributed by atoms with Gasteiger partial charge in [-0.3, -0.25) is 4.72 Å². The van der Waals surface area contributed by atoms with Crippen LogP contribution in [0.5, 0.6) is 0 Å². The van der Waals surface area contributed by atoms with Crippen molar-refractivity contribution in [1.29, 1.82) is 5.26 Å². The molecule has 0 spiro atoms. The van der Waals surface area contributed by atoms with E-state index in [-0.39, 0.29) is 16.1 Å². The fraction of sp³-hybridized carbons (Fsp3) is 0. The summed E-state index contributed by atoms with van der Waals surface area (Å²) < 4.78 is 40.6. The molecule has 0 unspecified atom stereocenters. The number of hydrogen-bond acceptors (Lipinski definition) is 3. The summed E-state index contributed by atoms with van der Waals surface area (Å²) in [6.45, 7) is 0. The summed E-state index contributed by atoms with van der Waals surface area (Å²) in [5.41, 5.74) is -0.182. The lowest BCUT2D eigenvalue weighted by atomic mass is 10.2. The molecule has 0 radical (unpaired) electrons. The fourth-order valence-corrected chi connectivity index (χ4v) is 3.12. The Hall–Kier alpha value is -1.91. The van der Waals surface area contributed by atoms with Crippen molar-refractivity contribution in [2.24, 2.45) is 0 Å². The van der Waals surface area contributed by atoms with Gasteiger partial charge in [0.15, 0.2) is 0 Å². The molecular weight excluding hydrogens is 347 g/mol. The highest BCUT2D eigenvalue weighted by molar-refractivity contribution is 9.10. The number of hydrogen-bond donors (Lipinski definition) is 1. The first-order valence-electron chi connectivity index (χ1n) is 5.41. The molecule has 0 aliphatic heterocycles. The van der Waals surface area contributed by atoms with Crippen molar-refractivity contribution < 1.29 is 12.8 Å². The van der Waals surface area contributed by atoms with Crippen molar-refractivity contribution in [3.8, 4) is 6.07 Å². The molecule has 0 saturated heterocycles. The van der Waals surface area contributed by atoms with Crippen LogP contribution in [0.4, 0.5) is 10.1 Å². The Morgan fingerprint density at radius 1 is 1.20 bits per heavy atom. The summed E-state index contributed by atoms with van der Waals surface area (Å²) in [6.07, 6.45) is 0. The third-order valence-electron chi connectivity index (χ3n) is 2.47. The third-order valence-corrected chi connectivity index (χ3v) is 4.39. The fourth-order valence-electron chi connectivity index (χ4n) is 1.57. The first kappa shape index (κ1) is 14.5. The number of halogens is 2. The topological polar surface area (TPSA) is 70.0 Å². The molecule has 0 aliphatic rings. The van der Waals surface area contributed by atoms with Crippen LogP contribution in [0, 0.1) is 17.1 Å². The van der Waals surface area contributed by atoms with Crippen LogP contribution >= 0.6 is 15.9 Å². The molecule has 0 saturated carbocycles. The highest BCUT2D eigenvalue weighted by Crippen LogP contribution is 2.23. The zero-order chi connectivity index (χ0) is 14.8. The summed E-state index contributed by atoms with van der Waals surface area (Å²) in [7, 11) is -4.02. The van der Waals surface area contributed by atoms with Crippen molar-refractivity contribution in [2.75, 3.05) is 4.72 Å². The normalized spacial score (nSPS) is 10.8. The minimum atomic E-state index is -4.02. The van der Waals surface area contributed by atoms with Crippen molar-refractivity contribution in [1.82, 2.24) is 0 Å². The van der Waals surface area contributed by atoms with Crippen LogP contribution in [0.2, 0.25) is 0 Å². The Kier molecular flexibility index (Phi) is 4.06. The van der Waals surface area contributed by atoms with Crippen LogP contribution in [-0.2, 0) is 10.0 Å². The summed E-state index contributed by atoms with van der Waals surface area (Å²) in [4.78, 5) is -0.190. The molecule has 102 valence electrons. The molecule has 2 aromatic rings. The highest BCUT2D eigenvalue weighted by Gasteiger charge is 2.19. The van der Waals surface area contributed by atoms with Gasteiger partial charge in [0.2, 0.25) is 0 Å². The number of rotatable bonds is 3. The maximum absolute atomic E-state index is 13.7. The number of anilines is 1. The quantitative estimate of drug-likeness (QED) is 0.919. The molecule has 2 rings (SSSR count). The van der Waals surface area contributed by atoms with Crippen molar-refractivity contribution in [2.45, 2.75) is 4.90 Å². The average Bonchev–Trinajstić information content (AvgIpc) is 2.42. The van der Waals surface area contributed by atoms with E-state index in [1.54, 1.807) is 12.1 Å². The van der Waals surface area contributed by atoms with Crippen LogP contribution in [0.15, 0.2) is 51.8 Å². The van der Waals surface area contributed by atoms with E-state index in [2.05, 4.69) is 20.7 Å². The molecule has 0 fully saturated rings. The number of nitrogens with zero attached hydrogens (tertiary/aromatic N) is 1. The predicted molar refractivity (Wildman–Crippen MR) is 76.1 cm³/mol. The Balaban J connectivity index is 2.44. The lowest BCUT2D eigenvalue weighted by molar-refractivity contribution is 0.598. The maximum Gasteiger partial charge on any atom is 0.263 e. The Labute approximate surface area is 124 Å². The molecule has 7 heteroatoms. The van der Waals surface area contributed by atoms with Crippen LogP contribution in [0.3, 0.4) is 0 Å². The molecule has 0 amide bonds. The van der Waals surface area contributed by atoms with Gasteiger partial charge in [-0.25, -0.2) is 12.8 Å². The van der Waals surface area contributed by atoms with Gasteiger partial charge in [0.1, 0.15) is 16.8 Å². The van der Waals surface area contributed by atoms with Gasteiger partial charge in [0, 0.05) is 4.47 Å². The van der Waals surface area contributed by atoms with Crippen LogP contribution in [0.1, 0.15) is 5.56 Å². The highest BCUT2D eigenvalue weighted by atomic mass is 79.9. The van der Waals surface area contributed by atoms with Crippen molar-refractivity contribution in [3.63, 3.8) is 0 Å². The molecule has 1 N–H and O–H groups in total. The van der Waals surface area contributed by atoms with Gasteiger partial charge in [-0.15, -0.1) is 0 Å². The Morgan fingerprint density at radius 3 is 2.55 bits per heavy atom. The van der Waals surface area contributed by atoms with Gasteiger partial charge in [-0.05, 0) is 30.3 Å². The number of nitriles is 1. The van der Waals surface area contributed by atoms with E-state index < -0.39 is 15.8 Å². The van der Waals surface area contributed by atoms with E-state index in [9.17, 15) is 12.8 Å². The molecule has 2 aromatic carbocycles. The van der Waals surface area contributed by atoms with Crippen LogP contribution < -0.4 is 4.72 Å². The third kappa shape index (κ3) is 2.98. The smallest absolute Gasteiger partial charge is 0.263 e. The van der Waals surface area contributed by atoms with Gasteiger partial charge in [-0.1, -0.05) is 28.1 Å². The lowest BCUT2D eigenvalue weighted by Crippen LogP contribution is -2.15. The molecule has 0 atom stereocenters. The summed E-state index contributed by atoms with van der Waals surface area (Å²) in [6, 6.07) is 11.5. The SMILES string of the molecule is N#Cc1ccccc1S(=O)(=O)Nc1ccc(Br)cc1F.